The van der Waals surface area contributed by atoms with E-state index in [-0.39, 0.29) is 11.5 Å². The van der Waals surface area contributed by atoms with Gasteiger partial charge in [0.2, 0.25) is 0 Å². The van der Waals surface area contributed by atoms with Crippen molar-refractivity contribution in [2.45, 2.75) is 45.2 Å². The molecule has 0 bridgehead atoms. The molecule has 4 rings (SSSR count). The number of nitrogens with one attached hydrogen (secondary N) is 2. The maximum absolute atomic E-state index is 13.7. The first-order valence-corrected chi connectivity index (χ1v) is 9.09. The molecule has 0 fully saturated rings. The number of hydrogen-bond acceptors (Lipinski definition) is 3. The number of halogens is 2. The highest BCUT2D eigenvalue weighted by Gasteiger charge is 2.33. The van der Waals surface area contributed by atoms with Gasteiger partial charge in [0.15, 0.2) is 11.6 Å². The molecule has 1 unspecified atom stereocenters. The average molecular weight is 371 g/mol. The highest BCUT2D eigenvalue weighted by Crippen LogP contribution is 2.35. The Bertz CT molecular complexity index is 953. The second kappa shape index (κ2) is 6.56. The first-order chi connectivity index (χ1) is 12.8. The summed E-state index contributed by atoms with van der Waals surface area (Å²) in [5, 5.41) is 7.66. The molecule has 0 saturated carbocycles. The topological polar surface area (TPSA) is 60.6 Å². The van der Waals surface area contributed by atoms with Crippen LogP contribution in [0.2, 0.25) is 0 Å². The molecule has 1 aliphatic rings. The van der Waals surface area contributed by atoms with Gasteiger partial charge in [-0.3, -0.25) is 10.00 Å². The monoisotopic (exact) mass is 371 g/mol. The highest BCUT2D eigenvalue weighted by molar-refractivity contribution is 5.31. The van der Waals surface area contributed by atoms with Crippen molar-refractivity contribution in [1.29, 1.82) is 0 Å². The van der Waals surface area contributed by atoms with Gasteiger partial charge in [-0.15, -0.1) is 0 Å². The Hall–Kier alpha value is -2.54. The number of fused-ring (bicyclic) bond motifs is 1. The van der Waals surface area contributed by atoms with Crippen LogP contribution in [0, 0.1) is 11.6 Å². The largest absolute Gasteiger partial charge is 0.348 e. The van der Waals surface area contributed by atoms with E-state index in [4.69, 9.17) is 0 Å². The van der Waals surface area contributed by atoms with Gasteiger partial charge in [-0.1, -0.05) is 26.8 Å². The number of benzene rings is 1. The minimum Gasteiger partial charge on any atom is -0.348 e. The zero-order valence-corrected chi connectivity index (χ0v) is 15.7. The summed E-state index contributed by atoms with van der Waals surface area (Å²) < 4.78 is 26.9. The lowest BCUT2D eigenvalue weighted by Crippen LogP contribution is -2.36. The second-order valence-corrected chi connectivity index (χ2v) is 8.10. The molecule has 142 valence electrons. The minimum absolute atomic E-state index is 0.0667. The number of imidazole rings is 1. The van der Waals surface area contributed by atoms with E-state index in [9.17, 15) is 8.78 Å². The Labute approximate surface area is 156 Å². The van der Waals surface area contributed by atoms with Crippen molar-refractivity contribution < 1.29 is 8.78 Å². The Balaban J connectivity index is 1.70. The van der Waals surface area contributed by atoms with Crippen molar-refractivity contribution in [2.24, 2.45) is 0 Å². The second-order valence-electron chi connectivity index (χ2n) is 8.10. The number of H-pyrrole nitrogens is 2. The lowest BCUT2D eigenvalue weighted by molar-refractivity contribution is 0.196. The van der Waals surface area contributed by atoms with Crippen LogP contribution in [0.15, 0.2) is 30.6 Å². The summed E-state index contributed by atoms with van der Waals surface area (Å²) in [5.41, 5.74) is 4.65. The van der Waals surface area contributed by atoms with Crippen LogP contribution in [0.1, 0.15) is 55.2 Å². The fourth-order valence-corrected chi connectivity index (χ4v) is 3.57. The third-order valence-corrected chi connectivity index (χ3v) is 5.06. The molecule has 1 aromatic carbocycles. The van der Waals surface area contributed by atoms with Crippen molar-refractivity contribution in [2.75, 3.05) is 6.54 Å². The number of aromatic nitrogens is 4. The predicted molar refractivity (Wildman–Crippen MR) is 98.2 cm³/mol. The quantitative estimate of drug-likeness (QED) is 0.735. The highest BCUT2D eigenvalue weighted by atomic mass is 19.2. The molecular weight excluding hydrogens is 348 g/mol. The summed E-state index contributed by atoms with van der Waals surface area (Å²) in [7, 11) is 0. The van der Waals surface area contributed by atoms with Crippen molar-refractivity contribution in [3.8, 4) is 0 Å². The van der Waals surface area contributed by atoms with Crippen LogP contribution in [0.4, 0.5) is 8.78 Å². The van der Waals surface area contributed by atoms with E-state index in [0.717, 1.165) is 41.3 Å². The van der Waals surface area contributed by atoms with E-state index in [1.807, 2.05) is 0 Å². The minimum atomic E-state index is -0.827. The third kappa shape index (κ3) is 3.39. The summed E-state index contributed by atoms with van der Waals surface area (Å²) in [6, 6.07) is 6.03. The van der Waals surface area contributed by atoms with Gasteiger partial charge < -0.3 is 4.98 Å². The van der Waals surface area contributed by atoms with Crippen LogP contribution in [0.5, 0.6) is 0 Å². The Morgan fingerprint density at radius 1 is 1.19 bits per heavy atom. The fraction of sp³-hybridized carbons (Fsp3) is 0.400. The van der Waals surface area contributed by atoms with Crippen molar-refractivity contribution >= 4 is 0 Å². The van der Waals surface area contributed by atoms with E-state index in [1.165, 1.54) is 12.1 Å². The maximum Gasteiger partial charge on any atom is 0.159 e. The zero-order valence-electron chi connectivity index (χ0n) is 15.7. The van der Waals surface area contributed by atoms with E-state index in [0.29, 0.717) is 6.54 Å². The third-order valence-electron chi connectivity index (χ3n) is 5.06. The van der Waals surface area contributed by atoms with E-state index in [1.54, 1.807) is 12.4 Å². The van der Waals surface area contributed by atoms with Gasteiger partial charge in [0.05, 0.1) is 29.5 Å². The Morgan fingerprint density at radius 2 is 2.00 bits per heavy atom. The Morgan fingerprint density at radius 3 is 2.70 bits per heavy atom. The SMILES string of the molecule is CC(C)(C)c1cc(C2c3nc[nH]c3CCN2Cc2ccc(F)c(F)c2)[nH]n1. The average Bonchev–Trinajstić information content (AvgIpc) is 3.26. The molecule has 0 radical (unpaired) electrons. The molecule has 3 aromatic rings. The summed E-state index contributed by atoms with van der Waals surface area (Å²) >= 11 is 0. The van der Waals surface area contributed by atoms with Crippen LogP contribution in [-0.2, 0) is 18.4 Å². The molecule has 1 atom stereocenters. The smallest absolute Gasteiger partial charge is 0.159 e. The molecule has 1 aliphatic heterocycles. The van der Waals surface area contributed by atoms with E-state index in [2.05, 4.69) is 51.9 Å². The summed E-state index contributed by atoms with van der Waals surface area (Å²) in [4.78, 5) is 9.96. The van der Waals surface area contributed by atoms with Gasteiger partial charge in [-0.05, 0) is 23.8 Å². The van der Waals surface area contributed by atoms with E-state index >= 15 is 0 Å². The van der Waals surface area contributed by atoms with Gasteiger partial charge in [0.1, 0.15) is 0 Å². The van der Waals surface area contributed by atoms with Gasteiger partial charge in [0.25, 0.3) is 0 Å². The Kier molecular flexibility index (Phi) is 4.34. The molecule has 0 spiro atoms. The van der Waals surface area contributed by atoms with Gasteiger partial charge in [0, 0.05) is 30.6 Å². The molecule has 2 aromatic heterocycles. The molecule has 0 aliphatic carbocycles. The lowest BCUT2D eigenvalue weighted by atomic mass is 9.91. The predicted octanol–water partition coefficient (Wildman–Crippen LogP) is 3.86. The fourth-order valence-electron chi connectivity index (χ4n) is 3.57. The number of rotatable bonds is 3. The molecule has 0 saturated heterocycles. The summed E-state index contributed by atoms with van der Waals surface area (Å²) in [6.07, 6.45) is 2.54. The van der Waals surface area contributed by atoms with Gasteiger partial charge >= 0.3 is 0 Å². The zero-order chi connectivity index (χ0) is 19.2. The van der Waals surface area contributed by atoms with Gasteiger partial charge in [-0.25, -0.2) is 13.8 Å². The summed E-state index contributed by atoms with van der Waals surface area (Å²) in [6.45, 7) is 7.63. The first-order valence-electron chi connectivity index (χ1n) is 9.09. The first kappa shape index (κ1) is 17.9. The van der Waals surface area contributed by atoms with Crippen molar-refractivity contribution in [3.63, 3.8) is 0 Å². The molecule has 2 N–H and O–H groups in total. The standard InChI is InChI=1S/C20H23F2N5/c1-20(2,3)17-9-16(25-26-17)19-18-15(23-11-24-18)6-7-27(19)10-12-4-5-13(21)14(22)8-12/h4-5,8-9,11,19H,6-7,10H2,1-3H3,(H,23,24)(H,25,26). The molecule has 7 heteroatoms. The van der Waals surface area contributed by atoms with Crippen LogP contribution in [0.3, 0.4) is 0 Å². The van der Waals surface area contributed by atoms with Crippen LogP contribution >= 0.6 is 0 Å². The van der Waals surface area contributed by atoms with E-state index < -0.39 is 11.6 Å². The molecular formula is C20H23F2N5. The number of aromatic amines is 2. The van der Waals surface area contributed by atoms with Crippen molar-refractivity contribution in [3.05, 3.63) is 70.6 Å². The summed E-state index contributed by atoms with van der Waals surface area (Å²) in [5.74, 6) is -1.65. The number of nitrogens with zero attached hydrogens (tertiary/aromatic N) is 3. The number of hydrogen-bond donors (Lipinski definition) is 2. The van der Waals surface area contributed by atoms with Gasteiger partial charge in [-0.2, -0.15) is 5.10 Å². The maximum atomic E-state index is 13.7. The molecule has 5 nitrogen and oxygen atoms in total. The normalized spacial score (nSPS) is 17.9. The molecule has 3 heterocycles. The van der Waals surface area contributed by atoms with Crippen molar-refractivity contribution in [1.82, 2.24) is 25.1 Å². The molecule has 0 amide bonds. The molecule has 27 heavy (non-hydrogen) atoms. The van der Waals surface area contributed by atoms with Crippen LogP contribution in [-0.4, -0.2) is 31.6 Å². The van der Waals surface area contributed by atoms with Crippen LogP contribution in [0.25, 0.3) is 0 Å². The van der Waals surface area contributed by atoms with Crippen LogP contribution < -0.4 is 0 Å². The lowest BCUT2D eigenvalue weighted by Gasteiger charge is -2.34.